The summed E-state index contributed by atoms with van der Waals surface area (Å²) in [6.07, 6.45) is 1.78. The molecule has 0 radical (unpaired) electrons. The van der Waals surface area contributed by atoms with Gasteiger partial charge in [0.2, 0.25) is 0 Å². The van der Waals surface area contributed by atoms with Crippen LogP contribution >= 0.6 is 12.2 Å². The van der Waals surface area contributed by atoms with Gasteiger partial charge in [-0.25, -0.2) is 0 Å². The standard InChI is InChI=1S/C7H9NOS/c1-6-5-7(8-9-6)3-2-4-10/h4-5H,2-3H2,1H3. The average molecular weight is 155 g/mol. The second-order valence-electron chi connectivity index (χ2n) is 2.13. The van der Waals surface area contributed by atoms with E-state index >= 15 is 0 Å². The predicted octanol–water partition coefficient (Wildman–Crippen LogP) is 1.92. The van der Waals surface area contributed by atoms with Crippen molar-refractivity contribution in [1.29, 1.82) is 0 Å². The van der Waals surface area contributed by atoms with Crippen molar-refractivity contribution < 1.29 is 4.52 Å². The second kappa shape index (κ2) is 3.46. The second-order valence-corrected chi connectivity index (χ2v) is 2.47. The highest BCUT2D eigenvalue weighted by Gasteiger charge is 1.96. The van der Waals surface area contributed by atoms with Gasteiger partial charge in [-0.15, -0.1) is 0 Å². The van der Waals surface area contributed by atoms with Crippen LogP contribution in [0.5, 0.6) is 0 Å². The van der Waals surface area contributed by atoms with Crippen LogP contribution in [0.25, 0.3) is 0 Å². The van der Waals surface area contributed by atoms with Crippen molar-refractivity contribution >= 4 is 17.6 Å². The van der Waals surface area contributed by atoms with Gasteiger partial charge in [0.05, 0.1) is 5.69 Å². The molecule has 2 nitrogen and oxygen atoms in total. The Labute approximate surface area is 65.2 Å². The summed E-state index contributed by atoms with van der Waals surface area (Å²) >= 11 is 4.67. The summed E-state index contributed by atoms with van der Waals surface area (Å²) in [5, 5.41) is 5.52. The molecule has 10 heavy (non-hydrogen) atoms. The minimum atomic E-state index is 0.861. The number of nitrogens with zero attached hydrogens (tertiary/aromatic N) is 1. The van der Waals surface area contributed by atoms with Gasteiger partial charge in [0, 0.05) is 6.07 Å². The minimum Gasteiger partial charge on any atom is -0.361 e. The van der Waals surface area contributed by atoms with Gasteiger partial charge < -0.3 is 4.52 Å². The molecule has 0 aromatic carbocycles. The summed E-state index contributed by atoms with van der Waals surface area (Å²) in [4.78, 5) is 0. The van der Waals surface area contributed by atoms with Crippen LogP contribution < -0.4 is 0 Å². The molecular formula is C7H9NOS. The van der Waals surface area contributed by atoms with Crippen LogP contribution in [-0.2, 0) is 6.42 Å². The molecule has 1 aromatic rings. The highest BCUT2D eigenvalue weighted by molar-refractivity contribution is 7.78. The fourth-order valence-electron chi connectivity index (χ4n) is 0.743. The van der Waals surface area contributed by atoms with Gasteiger partial charge in [0.25, 0.3) is 0 Å². The third-order valence-electron chi connectivity index (χ3n) is 1.20. The van der Waals surface area contributed by atoms with Gasteiger partial charge >= 0.3 is 0 Å². The smallest absolute Gasteiger partial charge is 0.133 e. The lowest BCUT2D eigenvalue weighted by Gasteiger charge is -1.83. The quantitative estimate of drug-likeness (QED) is 0.624. The largest absolute Gasteiger partial charge is 0.361 e. The zero-order chi connectivity index (χ0) is 7.40. The van der Waals surface area contributed by atoms with Gasteiger partial charge in [-0.2, -0.15) is 0 Å². The van der Waals surface area contributed by atoms with Gasteiger partial charge in [-0.1, -0.05) is 17.4 Å². The fraction of sp³-hybridized carbons (Fsp3) is 0.429. The maximum absolute atomic E-state index is 4.86. The Balaban J connectivity index is 2.49. The third kappa shape index (κ3) is 1.92. The molecule has 1 rings (SSSR count). The summed E-state index contributed by atoms with van der Waals surface area (Å²) in [6.45, 7) is 1.88. The maximum Gasteiger partial charge on any atom is 0.133 e. The van der Waals surface area contributed by atoms with E-state index < -0.39 is 0 Å². The SMILES string of the molecule is Cc1cc(CCC=S)no1. The molecule has 1 heterocycles. The number of hydrogen-bond donors (Lipinski definition) is 0. The summed E-state index contributed by atoms with van der Waals surface area (Å²) in [6, 6.07) is 1.93. The lowest BCUT2D eigenvalue weighted by Crippen LogP contribution is -1.83. The molecule has 0 bridgehead atoms. The topological polar surface area (TPSA) is 26.0 Å². The van der Waals surface area contributed by atoms with Crippen molar-refractivity contribution in [2.24, 2.45) is 0 Å². The van der Waals surface area contributed by atoms with E-state index in [1.807, 2.05) is 13.0 Å². The first-order valence-corrected chi connectivity index (χ1v) is 3.66. The van der Waals surface area contributed by atoms with Crippen molar-refractivity contribution in [3.63, 3.8) is 0 Å². The first kappa shape index (κ1) is 7.41. The molecule has 0 atom stereocenters. The van der Waals surface area contributed by atoms with E-state index in [0.717, 1.165) is 24.3 Å². The van der Waals surface area contributed by atoms with Crippen LogP contribution in [0, 0.1) is 6.92 Å². The maximum atomic E-state index is 4.86. The zero-order valence-corrected chi connectivity index (χ0v) is 6.65. The van der Waals surface area contributed by atoms with E-state index in [9.17, 15) is 0 Å². The molecule has 0 spiro atoms. The van der Waals surface area contributed by atoms with Crippen molar-refractivity contribution in [3.05, 3.63) is 17.5 Å². The average Bonchev–Trinajstić information content (AvgIpc) is 2.31. The van der Waals surface area contributed by atoms with E-state index in [1.165, 1.54) is 0 Å². The van der Waals surface area contributed by atoms with Crippen molar-refractivity contribution in [3.8, 4) is 0 Å². The molecule has 0 aliphatic carbocycles. The van der Waals surface area contributed by atoms with E-state index in [1.54, 1.807) is 5.37 Å². The van der Waals surface area contributed by atoms with Gasteiger partial charge in [0.1, 0.15) is 5.76 Å². The Morgan fingerprint density at radius 1 is 1.80 bits per heavy atom. The number of aryl methyl sites for hydroxylation is 2. The third-order valence-corrected chi connectivity index (χ3v) is 1.43. The van der Waals surface area contributed by atoms with E-state index in [4.69, 9.17) is 4.52 Å². The first-order chi connectivity index (χ1) is 4.83. The Morgan fingerprint density at radius 2 is 2.60 bits per heavy atom. The molecule has 0 unspecified atom stereocenters. The first-order valence-electron chi connectivity index (χ1n) is 3.19. The highest BCUT2D eigenvalue weighted by Crippen LogP contribution is 2.02. The van der Waals surface area contributed by atoms with Crippen LogP contribution in [0.15, 0.2) is 10.6 Å². The molecule has 0 N–H and O–H groups in total. The number of hydrogen-bond acceptors (Lipinski definition) is 3. The molecule has 0 saturated carbocycles. The summed E-state index contributed by atoms with van der Waals surface area (Å²) in [7, 11) is 0. The predicted molar refractivity (Wildman–Crippen MR) is 43.2 cm³/mol. The monoisotopic (exact) mass is 155 g/mol. The molecule has 1 aromatic heterocycles. The lowest BCUT2D eigenvalue weighted by atomic mass is 10.2. The van der Waals surface area contributed by atoms with Crippen molar-refractivity contribution in [1.82, 2.24) is 5.16 Å². The number of aromatic nitrogens is 1. The molecule has 0 fully saturated rings. The summed E-state index contributed by atoms with van der Waals surface area (Å²) in [5.41, 5.74) is 0.985. The molecule has 0 saturated heterocycles. The molecule has 54 valence electrons. The Kier molecular flexibility index (Phi) is 2.57. The summed E-state index contributed by atoms with van der Waals surface area (Å²) in [5.74, 6) is 0.861. The van der Waals surface area contributed by atoms with E-state index in [2.05, 4.69) is 17.4 Å². The number of rotatable bonds is 3. The Morgan fingerprint density at radius 3 is 3.10 bits per heavy atom. The summed E-state index contributed by atoms with van der Waals surface area (Å²) < 4.78 is 4.86. The van der Waals surface area contributed by atoms with E-state index in [-0.39, 0.29) is 0 Å². The van der Waals surface area contributed by atoms with Crippen LogP contribution in [0.4, 0.5) is 0 Å². The van der Waals surface area contributed by atoms with Crippen LogP contribution in [-0.4, -0.2) is 10.5 Å². The molecule has 3 heteroatoms. The van der Waals surface area contributed by atoms with Gasteiger partial charge in [-0.05, 0) is 25.1 Å². The minimum absolute atomic E-state index is 0.861. The molecule has 0 amide bonds. The zero-order valence-electron chi connectivity index (χ0n) is 5.83. The van der Waals surface area contributed by atoms with Crippen LogP contribution in [0.1, 0.15) is 17.9 Å². The lowest BCUT2D eigenvalue weighted by molar-refractivity contribution is 0.391. The Hall–Kier alpha value is -0.700. The van der Waals surface area contributed by atoms with Gasteiger partial charge in [0.15, 0.2) is 0 Å². The molecular weight excluding hydrogens is 146 g/mol. The highest BCUT2D eigenvalue weighted by atomic mass is 32.1. The van der Waals surface area contributed by atoms with Crippen LogP contribution in [0.2, 0.25) is 0 Å². The van der Waals surface area contributed by atoms with E-state index in [0.29, 0.717) is 0 Å². The fourth-order valence-corrected chi connectivity index (χ4v) is 0.860. The van der Waals surface area contributed by atoms with Crippen LogP contribution in [0.3, 0.4) is 0 Å². The van der Waals surface area contributed by atoms with Crippen molar-refractivity contribution in [2.75, 3.05) is 0 Å². The Bertz CT molecular complexity index is 219. The van der Waals surface area contributed by atoms with Gasteiger partial charge in [-0.3, -0.25) is 0 Å². The molecule has 0 aliphatic rings. The number of thiocarbonyl (C=S) groups is 1. The molecule has 0 aliphatic heterocycles. The van der Waals surface area contributed by atoms with Crippen molar-refractivity contribution in [2.45, 2.75) is 19.8 Å². The normalized spacial score (nSPS) is 9.70.